The Balaban J connectivity index is 1.98. The summed E-state index contributed by atoms with van der Waals surface area (Å²) in [6, 6.07) is 5.22. The summed E-state index contributed by atoms with van der Waals surface area (Å²) in [6.45, 7) is 4.74. The van der Waals surface area contributed by atoms with Crippen molar-refractivity contribution in [3.05, 3.63) is 23.8 Å². The molecular formula is C15H20N2O3S. The number of amides is 1. The van der Waals surface area contributed by atoms with Crippen LogP contribution >= 0.6 is 0 Å². The molecule has 2 aliphatic rings. The van der Waals surface area contributed by atoms with Crippen LogP contribution in [0.4, 0.5) is 5.69 Å². The zero-order chi connectivity index (χ0) is 15.2. The molecule has 0 radical (unpaired) electrons. The first-order chi connectivity index (χ1) is 9.91. The van der Waals surface area contributed by atoms with Crippen molar-refractivity contribution in [1.82, 2.24) is 4.31 Å². The summed E-state index contributed by atoms with van der Waals surface area (Å²) in [5.41, 5.74) is 1.79. The molecule has 0 aromatic heterocycles. The summed E-state index contributed by atoms with van der Waals surface area (Å²) in [6.07, 6.45) is 2.57. The Hall–Kier alpha value is -1.40. The van der Waals surface area contributed by atoms with E-state index in [4.69, 9.17) is 0 Å². The minimum Gasteiger partial charge on any atom is -0.309 e. The van der Waals surface area contributed by atoms with Crippen LogP contribution in [0.2, 0.25) is 0 Å². The third-order valence-corrected chi connectivity index (χ3v) is 6.20. The van der Waals surface area contributed by atoms with Crippen LogP contribution in [0.5, 0.6) is 0 Å². The van der Waals surface area contributed by atoms with Gasteiger partial charge in [0.25, 0.3) is 0 Å². The fraction of sp³-hybridized carbons (Fsp3) is 0.533. The number of anilines is 1. The lowest BCUT2D eigenvalue weighted by Crippen LogP contribution is -2.33. The quantitative estimate of drug-likeness (QED) is 0.836. The van der Waals surface area contributed by atoms with Crippen LogP contribution in [0.15, 0.2) is 23.1 Å². The normalized spacial score (nSPS) is 22.6. The van der Waals surface area contributed by atoms with E-state index in [9.17, 15) is 13.2 Å². The van der Waals surface area contributed by atoms with Crippen molar-refractivity contribution in [2.75, 3.05) is 18.0 Å². The summed E-state index contributed by atoms with van der Waals surface area (Å²) >= 11 is 0. The molecule has 21 heavy (non-hydrogen) atoms. The number of carbonyl (C=O) groups excluding carboxylic acids is 1. The lowest BCUT2D eigenvalue weighted by atomic mass is 10.1. The van der Waals surface area contributed by atoms with Gasteiger partial charge in [0.1, 0.15) is 0 Å². The average Bonchev–Trinajstić information content (AvgIpc) is 3.03. The number of sulfonamides is 1. The first-order valence-electron chi connectivity index (χ1n) is 7.34. The van der Waals surface area contributed by atoms with E-state index >= 15 is 0 Å². The molecule has 0 saturated carbocycles. The Morgan fingerprint density at radius 1 is 1.24 bits per heavy atom. The van der Waals surface area contributed by atoms with E-state index in [2.05, 4.69) is 0 Å². The second kappa shape index (κ2) is 5.10. The van der Waals surface area contributed by atoms with E-state index in [1.165, 1.54) is 0 Å². The van der Waals surface area contributed by atoms with Crippen molar-refractivity contribution in [1.29, 1.82) is 0 Å². The van der Waals surface area contributed by atoms with Crippen molar-refractivity contribution < 1.29 is 13.2 Å². The Labute approximate surface area is 125 Å². The number of fused-ring (bicyclic) bond motifs is 1. The van der Waals surface area contributed by atoms with Crippen molar-refractivity contribution in [3.8, 4) is 0 Å². The van der Waals surface area contributed by atoms with Gasteiger partial charge in [-0.15, -0.1) is 0 Å². The van der Waals surface area contributed by atoms with Crippen LogP contribution < -0.4 is 4.90 Å². The highest BCUT2D eigenvalue weighted by Gasteiger charge is 2.32. The number of hydrogen-bond acceptors (Lipinski definition) is 3. The lowest BCUT2D eigenvalue weighted by Gasteiger charge is -2.21. The predicted molar refractivity (Wildman–Crippen MR) is 80.8 cm³/mol. The lowest BCUT2D eigenvalue weighted by molar-refractivity contribution is -0.116. The molecule has 1 fully saturated rings. The topological polar surface area (TPSA) is 57.7 Å². The first-order valence-corrected chi connectivity index (χ1v) is 8.78. The van der Waals surface area contributed by atoms with Crippen LogP contribution in [0.1, 0.15) is 32.3 Å². The summed E-state index contributed by atoms with van der Waals surface area (Å²) < 4.78 is 26.7. The van der Waals surface area contributed by atoms with Gasteiger partial charge in [0, 0.05) is 31.7 Å². The van der Waals surface area contributed by atoms with E-state index in [-0.39, 0.29) is 11.9 Å². The highest BCUT2D eigenvalue weighted by molar-refractivity contribution is 7.89. The number of hydrogen-bond donors (Lipinski definition) is 0. The molecule has 0 aliphatic carbocycles. The molecule has 6 heteroatoms. The van der Waals surface area contributed by atoms with E-state index in [0.717, 1.165) is 24.1 Å². The molecule has 0 N–H and O–H groups in total. The van der Waals surface area contributed by atoms with Gasteiger partial charge < -0.3 is 4.90 Å². The van der Waals surface area contributed by atoms with Gasteiger partial charge in [-0.1, -0.05) is 0 Å². The summed E-state index contributed by atoms with van der Waals surface area (Å²) in [4.78, 5) is 13.8. The number of nitrogens with zero attached hydrogens (tertiary/aromatic N) is 2. The second-order valence-electron chi connectivity index (χ2n) is 5.84. The maximum atomic E-state index is 12.6. The third-order valence-electron chi connectivity index (χ3n) is 4.31. The Bertz CT molecular complexity index is 678. The van der Waals surface area contributed by atoms with Gasteiger partial charge >= 0.3 is 0 Å². The average molecular weight is 308 g/mol. The van der Waals surface area contributed by atoms with Crippen LogP contribution in [-0.2, 0) is 21.2 Å². The monoisotopic (exact) mass is 308 g/mol. The zero-order valence-electron chi connectivity index (χ0n) is 12.4. The first kappa shape index (κ1) is 14.5. The molecule has 1 aromatic rings. The van der Waals surface area contributed by atoms with Crippen LogP contribution in [0.3, 0.4) is 0 Å². The van der Waals surface area contributed by atoms with Crippen molar-refractivity contribution in [2.24, 2.45) is 0 Å². The van der Waals surface area contributed by atoms with Gasteiger partial charge in [0.2, 0.25) is 15.9 Å². The number of benzene rings is 1. The maximum Gasteiger partial charge on any atom is 0.243 e. The Morgan fingerprint density at radius 2 is 1.90 bits per heavy atom. The molecule has 3 rings (SSSR count). The van der Waals surface area contributed by atoms with E-state index in [0.29, 0.717) is 24.4 Å². The molecular weight excluding hydrogens is 288 g/mol. The molecule has 0 spiro atoms. The van der Waals surface area contributed by atoms with Crippen LogP contribution in [0.25, 0.3) is 0 Å². The number of rotatable bonds is 2. The fourth-order valence-corrected chi connectivity index (χ4v) is 4.89. The van der Waals surface area contributed by atoms with Crippen molar-refractivity contribution >= 4 is 21.6 Å². The molecule has 1 saturated heterocycles. The van der Waals surface area contributed by atoms with E-state index in [1.54, 1.807) is 34.3 Å². The van der Waals surface area contributed by atoms with Crippen LogP contribution in [-0.4, -0.2) is 37.8 Å². The molecule has 1 atom stereocenters. The standard InChI is InChI=1S/C15H20N2O3S/c1-11-9-13-10-14(5-6-15(13)17(11)12(2)18)21(19,20)16-7-3-4-8-16/h5-6,10-11H,3-4,7-9H2,1-2H3. The predicted octanol–water partition coefficient (Wildman–Crippen LogP) is 1.77. The van der Waals surface area contributed by atoms with Gasteiger partial charge in [-0.25, -0.2) is 8.42 Å². The van der Waals surface area contributed by atoms with Crippen LogP contribution in [0, 0.1) is 0 Å². The fourth-order valence-electron chi connectivity index (χ4n) is 3.33. The maximum absolute atomic E-state index is 12.6. The molecule has 114 valence electrons. The largest absolute Gasteiger partial charge is 0.309 e. The van der Waals surface area contributed by atoms with Gasteiger partial charge in [-0.2, -0.15) is 4.31 Å². The van der Waals surface area contributed by atoms with E-state index in [1.807, 2.05) is 6.92 Å². The molecule has 2 aliphatic heterocycles. The summed E-state index contributed by atoms with van der Waals surface area (Å²) in [7, 11) is -3.39. The van der Waals surface area contributed by atoms with Gasteiger partial charge in [0.15, 0.2) is 0 Å². The van der Waals surface area contributed by atoms with Crippen molar-refractivity contribution in [3.63, 3.8) is 0 Å². The highest BCUT2D eigenvalue weighted by Crippen LogP contribution is 2.34. The molecule has 1 amide bonds. The van der Waals surface area contributed by atoms with Gasteiger partial charge in [-0.3, -0.25) is 4.79 Å². The van der Waals surface area contributed by atoms with Crippen molar-refractivity contribution in [2.45, 2.75) is 44.0 Å². The Morgan fingerprint density at radius 3 is 2.52 bits per heavy atom. The molecule has 5 nitrogen and oxygen atoms in total. The minimum absolute atomic E-state index is 0.00333. The zero-order valence-corrected chi connectivity index (χ0v) is 13.2. The van der Waals surface area contributed by atoms with Gasteiger partial charge in [-0.05, 0) is 49.9 Å². The molecule has 0 bridgehead atoms. The number of carbonyl (C=O) groups is 1. The summed E-state index contributed by atoms with van der Waals surface area (Å²) in [5.74, 6) is -0.00333. The van der Waals surface area contributed by atoms with Gasteiger partial charge in [0.05, 0.1) is 4.90 Å². The van der Waals surface area contributed by atoms with E-state index < -0.39 is 10.0 Å². The summed E-state index contributed by atoms with van der Waals surface area (Å²) in [5, 5.41) is 0. The highest BCUT2D eigenvalue weighted by atomic mass is 32.2. The molecule has 1 aromatic carbocycles. The Kier molecular flexibility index (Phi) is 3.53. The molecule has 2 heterocycles. The SMILES string of the molecule is CC(=O)N1c2ccc(S(=O)(=O)N3CCCC3)cc2CC1C. The third kappa shape index (κ3) is 2.36. The molecule has 1 unspecified atom stereocenters. The second-order valence-corrected chi connectivity index (χ2v) is 7.78. The minimum atomic E-state index is -3.39. The smallest absolute Gasteiger partial charge is 0.243 e.